The Hall–Kier alpha value is -0.360. The Morgan fingerprint density at radius 3 is 1.44 bits per heavy atom. The quantitative estimate of drug-likeness (QED) is 0.592. The van der Waals surface area contributed by atoms with Crippen LogP contribution in [0.4, 0.5) is 0 Å². The number of ether oxygens (including phenoxy) is 2. The van der Waals surface area contributed by atoms with Crippen LogP contribution in [0.1, 0.15) is 25.7 Å². The topological polar surface area (TPSA) is 52.6 Å². The van der Waals surface area contributed by atoms with Gasteiger partial charge in [0.1, 0.15) is 12.2 Å². The van der Waals surface area contributed by atoms with Gasteiger partial charge in [0.05, 0.1) is 11.5 Å². The number of hydrogen-bond acceptors (Lipinski definition) is 6. The van der Waals surface area contributed by atoms with Crippen molar-refractivity contribution in [2.24, 2.45) is 0 Å². The standard InChI is InChI=1S/C10H16O4S2/c11-9(5-15)13-7-1-2-8(4-3-7)14-10(12)6-16/h7-8,15-16H,1-6H2. The van der Waals surface area contributed by atoms with Crippen LogP contribution >= 0.6 is 25.3 Å². The van der Waals surface area contributed by atoms with Crippen LogP contribution < -0.4 is 0 Å². The van der Waals surface area contributed by atoms with Crippen molar-refractivity contribution in [2.45, 2.75) is 37.9 Å². The molecule has 0 N–H and O–H groups in total. The maximum Gasteiger partial charge on any atom is 0.315 e. The molecule has 0 aromatic carbocycles. The van der Waals surface area contributed by atoms with Crippen LogP contribution in [0.25, 0.3) is 0 Å². The molecule has 92 valence electrons. The van der Waals surface area contributed by atoms with Gasteiger partial charge in [0.2, 0.25) is 0 Å². The zero-order valence-electron chi connectivity index (χ0n) is 8.92. The first kappa shape index (κ1) is 13.7. The average Bonchev–Trinajstić information content (AvgIpc) is 2.31. The lowest BCUT2D eigenvalue weighted by atomic mass is 9.95. The molecule has 4 nitrogen and oxygen atoms in total. The van der Waals surface area contributed by atoms with Crippen LogP contribution in [0.3, 0.4) is 0 Å². The summed E-state index contributed by atoms with van der Waals surface area (Å²) in [6, 6.07) is 0. The molecule has 0 radical (unpaired) electrons. The molecule has 0 aromatic rings. The van der Waals surface area contributed by atoms with Crippen molar-refractivity contribution < 1.29 is 19.1 Å². The summed E-state index contributed by atoms with van der Waals surface area (Å²) in [6.45, 7) is 0. The summed E-state index contributed by atoms with van der Waals surface area (Å²) in [7, 11) is 0. The molecule has 1 fully saturated rings. The van der Waals surface area contributed by atoms with E-state index in [1.54, 1.807) is 0 Å². The Morgan fingerprint density at radius 2 is 1.19 bits per heavy atom. The summed E-state index contributed by atoms with van der Waals surface area (Å²) in [5, 5.41) is 0. The summed E-state index contributed by atoms with van der Waals surface area (Å²) >= 11 is 7.68. The second-order valence-electron chi connectivity index (χ2n) is 3.69. The monoisotopic (exact) mass is 264 g/mol. The van der Waals surface area contributed by atoms with Crippen molar-refractivity contribution in [1.82, 2.24) is 0 Å². The lowest BCUT2D eigenvalue weighted by Gasteiger charge is -2.27. The summed E-state index contributed by atoms with van der Waals surface area (Å²) in [4.78, 5) is 22.0. The van der Waals surface area contributed by atoms with Gasteiger partial charge in [0, 0.05) is 0 Å². The smallest absolute Gasteiger partial charge is 0.315 e. The second kappa shape index (κ2) is 7.06. The van der Waals surface area contributed by atoms with Crippen molar-refractivity contribution in [3.8, 4) is 0 Å². The van der Waals surface area contributed by atoms with E-state index < -0.39 is 0 Å². The Bertz CT molecular complexity index is 223. The maximum atomic E-state index is 11.0. The van der Waals surface area contributed by atoms with Crippen molar-refractivity contribution in [1.29, 1.82) is 0 Å². The van der Waals surface area contributed by atoms with Crippen LogP contribution in [-0.2, 0) is 19.1 Å². The molecular formula is C10H16O4S2. The Kier molecular flexibility index (Phi) is 6.05. The molecule has 0 heterocycles. The molecule has 0 amide bonds. The van der Waals surface area contributed by atoms with Gasteiger partial charge < -0.3 is 9.47 Å². The Labute approximate surface area is 106 Å². The highest BCUT2D eigenvalue weighted by Crippen LogP contribution is 2.23. The summed E-state index contributed by atoms with van der Waals surface area (Å²) in [6.07, 6.45) is 2.86. The van der Waals surface area contributed by atoms with E-state index in [2.05, 4.69) is 25.3 Å². The van der Waals surface area contributed by atoms with E-state index in [1.165, 1.54) is 0 Å². The van der Waals surface area contributed by atoms with E-state index in [0.29, 0.717) is 0 Å². The first-order valence-corrected chi connectivity index (χ1v) is 6.53. The van der Waals surface area contributed by atoms with Gasteiger partial charge in [-0.3, -0.25) is 9.59 Å². The van der Waals surface area contributed by atoms with Gasteiger partial charge in [-0.15, -0.1) is 0 Å². The van der Waals surface area contributed by atoms with Crippen molar-refractivity contribution in [3.63, 3.8) is 0 Å². The largest absolute Gasteiger partial charge is 0.462 e. The normalized spacial score (nSPS) is 24.9. The molecule has 0 atom stereocenters. The highest BCUT2D eigenvalue weighted by Gasteiger charge is 2.25. The van der Waals surface area contributed by atoms with Crippen LogP contribution in [0.2, 0.25) is 0 Å². The lowest BCUT2D eigenvalue weighted by Crippen LogP contribution is -2.30. The van der Waals surface area contributed by atoms with Gasteiger partial charge >= 0.3 is 11.9 Å². The minimum atomic E-state index is -0.292. The molecule has 0 aromatic heterocycles. The van der Waals surface area contributed by atoms with E-state index in [4.69, 9.17) is 9.47 Å². The molecule has 1 saturated carbocycles. The minimum absolute atomic E-state index is 0.0504. The number of carbonyl (C=O) groups excluding carboxylic acids is 2. The fourth-order valence-corrected chi connectivity index (χ4v) is 1.86. The third-order valence-electron chi connectivity index (χ3n) is 2.48. The minimum Gasteiger partial charge on any atom is -0.462 e. The van der Waals surface area contributed by atoms with E-state index in [1.807, 2.05) is 0 Å². The highest BCUT2D eigenvalue weighted by molar-refractivity contribution is 7.81. The summed E-state index contributed by atoms with van der Waals surface area (Å²) < 4.78 is 10.3. The average molecular weight is 264 g/mol. The van der Waals surface area contributed by atoms with Crippen molar-refractivity contribution in [3.05, 3.63) is 0 Å². The molecule has 1 aliphatic rings. The van der Waals surface area contributed by atoms with Crippen LogP contribution in [0.5, 0.6) is 0 Å². The van der Waals surface area contributed by atoms with Crippen LogP contribution in [0.15, 0.2) is 0 Å². The van der Waals surface area contributed by atoms with Crippen LogP contribution in [-0.4, -0.2) is 35.7 Å². The zero-order chi connectivity index (χ0) is 12.0. The highest BCUT2D eigenvalue weighted by atomic mass is 32.1. The van der Waals surface area contributed by atoms with Gasteiger partial charge in [-0.25, -0.2) is 0 Å². The first-order valence-electron chi connectivity index (χ1n) is 5.26. The maximum absolute atomic E-state index is 11.0. The second-order valence-corrected chi connectivity index (χ2v) is 4.33. The van der Waals surface area contributed by atoms with Crippen molar-refractivity contribution >= 4 is 37.2 Å². The number of hydrogen-bond donors (Lipinski definition) is 2. The van der Waals surface area contributed by atoms with Gasteiger partial charge in [-0.2, -0.15) is 25.3 Å². The van der Waals surface area contributed by atoms with Crippen LogP contribution in [0, 0.1) is 0 Å². The third-order valence-corrected chi connectivity index (χ3v) is 2.99. The van der Waals surface area contributed by atoms with Gasteiger partial charge in [0.25, 0.3) is 0 Å². The SMILES string of the molecule is O=C(CS)OC1CCC(OC(=O)CS)CC1. The fraction of sp³-hybridized carbons (Fsp3) is 0.800. The molecule has 16 heavy (non-hydrogen) atoms. The van der Waals surface area contributed by atoms with E-state index in [-0.39, 0.29) is 35.7 Å². The predicted octanol–water partition coefficient (Wildman–Crippen LogP) is 1.24. The lowest BCUT2D eigenvalue weighted by molar-refractivity contribution is -0.154. The van der Waals surface area contributed by atoms with Gasteiger partial charge in [0.15, 0.2) is 0 Å². The van der Waals surface area contributed by atoms with Crippen molar-refractivity contribution in [2.75, 3.05) is 11.5 Å². The van der Waals surface area contributed by atoms with E-state index in [9.17, 15) is 9.59 Å². The summed E-state index contributed by atoms with van der Waals surface area (Å²) in [5.41, 5.74) is 0. The summed E-state index contributed by atoms with van der Waals surface area (Å²) in [5.74, 6) is -0.373. The zero-order valence-corrected chi connectivity index (χ0v) is 10.7. The fourth-order valence-electron chi connectivity index (χ4n) is 1.71. The molecule has 1 aliphatic carbocycles. The number of carbonyl (C=O) groups is 2. The first-order chi connectivity index (χ1) is 7.65. The van der Waals surface area contributed by atoms with Gasteiger partial charge in [-0.1, -0.05) is 0 Å². The van der Waals surface area contributed by atoms with Gasteiger partial charge in [-0.05, 0) is 25.7 Å². The van der Waals surface area contributed by atoms with E-state index >= 15 is 0 Å². The molecule has 0 spiro atoms. The van der Waals surface area contributed by atoms with E-state index in [0.717, 1.165) is 25.7 Å². The molecule has 0 aliphatic heterocycles. The Morgan fingerprint density at radius 1 is 0.875 bits per heavy atom. The molecule has 0 saturated heterocycles. The Balaban J connectivity index is 2.23. The number of rotatable bonds is 4. The molecule has 0 unspecified atom stereocenters. The number of thiol groups is 2. The third kappa shape index (κ3) is 4.65. The molecule has 0 bridgehead atoms. The predicted molar refractivity (Wildman–Crippen MR) is 65.9 cm³/mol. The molecular weight excluding hydrogens is 248 g/mol. The number of esters is 2. The molecule has 1 rings (SSSR count). The molecule has 6 heteroatoms.